The molecule has 0 saturated heterocycles. The van der Waals surface area contributed by atoms with E-state index in [4.69, 9.17) is 0 Å². The molecule has 31 heavy (non-hydrogen) atoms. The summed E-state index contributed by atoms with van der Waals surface area (Å²) in [6, 6.07) is 6.07. The highest BCUT2D eigenvalue weighted by molar-refractivity contribution is 7.92. The van der Waals surface area contributed by atoms with E-state index in [1.807, 2.05) is 25.5 Å². The molecule has 0 fully saturated rings. The SMILES string of the molecule is COC(=O)c1cc(F)c(NS(=O)(=O)c2ccc(NC(=O)C#CC(C)(C)C)cc2)cc1F. The summed E-state index contributed by atoms with van der Waals surface area (Å²) in [7, 11) is -3.28. The Kier molecular flexibility index (Phi) is 7.02. The van der Waals surface area contributed by atoms with Crippen LogP contribution in [0.25, 0.3) is 0 Å². The molecule has 0 radical (unpaired) electrons. The Balaban J connectivity index is 2.20. The number of sulfonamides is 1. The number of benzene rings is 2. The van der Waals surface area contributed by atoms with Crippen LogP contribution in [0.1, 0.15) is 31.1 Å². The number of esters is 1. The average Bonchev–Trinajstić information content (AvgIpc) is 2.68. The summed E-state index contributed by atoms with van der Waals surface area (Å²) in [5.41, 5.74) is -1.41. The molecule has 0 aliphatic heterocycles. The molecule has 164 valence electrons. The molecule has 1 amide bonds. The van der Waals surface area contributed by atoms with Crippen LogP contribution in [0.4, 0.5) is 20.2 Å². The number of hydrogen-bond donors (Lipinski definition) is 2. The molecule has 7 nitrogen and oxygen atoms in total. The normalized spacial score (nSPS) is 11.2. The van der Waals surface area contributed by atoms with Gasteiger partial charge in [-0.25, -0.2) is 22.0 Å². The Hall–Kier alpha value is -3.45. The van der Waals surface area contributed by atoms with Gasteiger partial charge in [0, 0.05) is 17.2 Å². The van der Waals surface area contributed by atoms with Gasteiger partial charge in [-0.1, -0.05) is 5.92 Å². The summed E-state index contributed by atoms with van der Waals surface area (Å²) in [4.78, 5) is 23.0. The fourth-order valence-corrected chi connectivity index (χ4v) is 3.28. The molecule has 0 unspecified atom stereocenters. The lowest BCUT2D eigenvalue weighted by Gasteiger charge is -2.11. The van der Waals surface area contributed by atoms with Gasteiger partial charge in [-0.05, 0) is 57.0 Å². The summed E-state index contributed by atoms with van der Waals surface area (Å²) >= 11 is 0. The van der Waals surface area contributed by atoms with Crippen molar-refractivity contribution in [1.82, 2.24) is 0 Å². The second-order valence-electron chi connectivity index (χ2n) is 7.39. The monoisotopic (exact) mass is 450 g/mol. The van der Waals surface area contributed by atoms with E-state index in [0.717, 1.165) is 7.11 Å². The molecule has 0 aliphatic rings. The maximum absolute atomic E-state index is 14.2. The first-order valence-corrected chi connectivity index (χ1v) is 10.3. The number of amides is 1. The van der Waals surface area contributed by atoms with Crippen molar-refractivity contribution in [2.45, 2.75) is 25.7 Å². The van der Waals surface area contributed by atoms with Crippen molar-refractivity contribution in [3.63, 3.8) is 0 Å². The fraction of sp³-hybridized carbons (Fsp3) is 0.238. The van der Waals surface area contributed by atoms with Crippen molar-refractivity contribution in [3.05, 3.63) is 53.6 Å². The number of anilines is 2. The van der Waals surface area contributed by atoms with Crippen molar-refractivity contribution < 1.29 is 31.5 Å². The van der Waals surface area contributed by atoms with Gasteiger partial charge in [0.15, 0.2) is 0 Å². The summed E-state index contributed by atoms with van der Waals surface area (Å²) < 4.78 is 59.4. The Bertz CT molecular complexity index is 1180. The third-order valence-electron chi connectivity index (χ3n) is 3.68. The lowest BCUT2D eigenvalue weighted by molar-refractivity contribution is -0.111. The Morgan fingerprint density at radius 1 is 1.03 bits per heavy atom. The molecule has 0 heterocycles. The molecule has 0 spiro atoms. The number of hydrogen-bond acceptors (Lipinski definition) is 5. The van der Waals surface area contributed by atoms with Crippen molar-refractivity contribution >= 4 is 33.3 Å². The van der Waals surface area contributed by atoms with E-state index in [1.165, 1.54) is 24.3 Å². The molecule has 2 aromatic carbocycles. The minimum absolute atomic E-state index is 0.261. The van der Waals surface area contributed by atoms with Crippen LogP contribution in [-0.2, 0) is 19.6 Å². The number of ether oxygens (including phenoxy) is 1. The van der Waals surface area contributed by atoms with Crippen LogP contribution in [0.3, 0.4) is 0 Å². The number of methoxy groups -OCH3 is 1. The number of rotatable bonds is 5. The van der Waals surface area contributed by atoms with Gasteiger partial charge < -0.3 is 10.1 Å². The summed E-state index contributed by atoms with van der Waals surface area (Å²) in [5, 5.41) is 2.50. The second-order valence-corrected chi connectivity index (χ2v) is 9.07. The van der Waals surface area contributed by atoms with Gasteiger partial charge in [-0.15, -0.1) is 0 Å². The molecule has 2 rings (SSSR count). The minimum Gasteiger partial charge on any atom is -0.465 e. The topological polar surface area (TPSA) is 102 Å². The van der Waals surface area contributed by atoms with Crippen LogP contribution >= 0.6 is 0 Å². The summed E-state index contributed by atoms with van der Waals surface area (Å²) in [6.45, 7) is 5.53. The third kappa shape index (κ3) is 6.52. The molecular formula is C21H20F2N2O5S. The van der Waals surface area contributed by atoms with E-state index in [1.54, 1.807) is 0 Å². The zero-order valence-electron chi connectivity index (χ0n) is 17.2. The predicted molar refractivity (Wildman–Crippen MR) is 111 cm³/mol. The second kappa shape index (κ2) is 9.14. The maximum atomic E-state index is 14.2. The van der Waals surface area contributed by atoms with Crippen LogP contribution in [0.5, 0.6) is 0 Å². The Morgan fingerprint density at radius 3 is 2.19 bits per heavy atom. The van der Waals surface area contributed by atoms with Crippen LogP contribution in [-0.4, -0.2) is 27.4 Å². The van der Waals surface area contributed by atoms with Crippen LogP contribution in [0.15, 0.2) is 41.3 Å². The van der Waals surface area contributed by atoms with E-state index in [0.29, 0.717) is 17.8 Å². The Labute approximate surface area is 178 Å². The largest absolute Gasteiger partial charge is 0.465 e. The third-order valence-corrected chi connectivity index (χ3v) is 5.06. The molecule has 0 aromatic heterocycles. The first kappa shape index (κ1) is 23.8. The van der Waals surface area contributed by atoms with Crippen LogP contribution in [0.2, 0.25) is 0 Å². The summed E-state index contributed by atoms with van der Waals surface area (Å²) in [6.07, 6.45) is 0. The van der Waals surface area contributed by atoms with Gasteiger partial charge in [-0.3, -0.25) is 9.52 Å². The van der Waals surface area contributed by atoms with E-state index in [9.17, 15) is 26.8 Å². The number of carbonyl (C=O) groups excluding carboxylic acids is 2. The molecule has 2 N–H and O–H groups in total. The number of carbonyl (C=O) groups is 2. The number of halogens is 2. The highest BCUT2D eigenvalue weighted by Gasteiger charge is 2.21. The van der Waals surface area contributed by atoms with Gasteiger partial charge in [-0.2, -0.15) is 0 Å². The highest BCUT2D eigenvalue weighted by atomic mass is 32.2. The predicted octanol–water partition coefficient (Wildman–Crippen LogP) is 3.54. The lowest BCUT2D eigenvalue weighted by atomic mass is 9.98. The van der Waals surface area contributed by atoms with Gasteiger partial charge >= 0.3 is 5.97 Å². The minimum atomic E-state index is -4.28. The lowest BCUT2D eigenvalue weighted by Crippen LogP contribution is -2.15. The average molecular weight is 450 g/mol. The standard InChI is InChI=1S/C21H20F2N2O5S/c1-21(2,3)10-9-19(26)24-13-5-7-14(8-6-13)31(28,29)25-18-12-16(22)15(11-17(18)23)20(27)30-4/h5-8,11-12,25H,1-4H3,(H,24,26). The maximum Gasteiger partial charge on any atom is 0.340 e. The smallest absolute Gasteiger partial charge is 0.340 e. The van der Waals surface area contributed by atoms with Crippen molar-refractivity contribution in [2.75, 3.05) is 17.1 Å². The quantitative estimate of drug-likeness (QED) is 0.536. The zero-order valence-corrected chi connectivity index (χ0v) is 18.0. The Morgan fingerprint density at radius 2 is 1.65 bits per heavy atom. The fourth-order valence-electron chi connectivity index (χ4n) is 2.22. The van der Waals surface area contributed by atoms with E-state index in [2.05, 4.69) is 21.9 Å². The highest BCUT2D eigenvalue weighted by Crippen LogP contribution is 2.24. The first-order chi connectivity index (χ1) is 14.3. The molecule has 10 heteroatoms. The van der Waals surface area contributed by atoms with Crippen LogP contribution in [0, 0.1) is 28.9 Å². The molecule has 2 aromatic rings. The molecular weight excluding hydrogens is 430 g/mol. The van der Waals surface area contributed by atoms with E-state index < -0.39 is 44.8 Å². The van der Waals surface area contributed by atoms with Gasteiger partial charge in [0.2, 0.25) is 0 Å². The van der Waals surface area contributed by atoms with E-state index >= 15 is 0 Å². The molecule has 0 bridgehead atoms. The van der Waals surface area contributed by atoms with Crippen molar-refractivity contribution in [2.24, 2.45) is 5.41 Å². The molecule has 0 atom stereocenters. The van der Waals surface area contributed by atoms with Crippen LogP contribution < -0.4 is 10.0 Å². The van der Waals surface area contributed by atoms with E-state index in [-0.39, 0.29) is 10.3 Å². The zero-order chi connectivity index (χ0) is 23.4. The van der Waals surface area contributed by atoms with Gasteiger partial charge in [0.25, 0.3) is 15.9 Å². The number of nitrogens with one attached hydrogen (secondary N) is 2. The molecule has 0 aliphatic carbocycles. The van der Waals surface area contributed by atoms with Gasteiger partial charge in [0.1, 0.15) is 11.6 Å². The molecule has 0 saturated carbocycles. The van der Waals surface area contributed by atoms with Gasteiger partial charge in [0.05, 0.1) is 23.3 Å². The van der Waals surface area contributed by atoms with Crippen molar-refractivity contribution in [1.29, 1.82) is 0 Å². The van der Waals surface area contributed by atoms with Crippen molar-refractivity contribution in [3.8, 4) is 11.8 Å². The summed E-state index contributed by atoms with van der Waals surface area (Å²) in [5.74, 6) is 1.23. The first-order valence-electron chi connectivity index (χ1n) is 8.87.